The van der Waals surface area contributed by atoms with Crippen molar-refractivity contribution in [3.05, 3.63) is 21.9 Å². The first-order valence-electron chi connectivity index (χ1n) is 7.07. The molecule has 1 rings (SSSR count). The summed E-state index contributed by atoms with van der Waals surface area (Å²) < 4.78 is 0. The number of nitrogens with one attached hydrogen (secondary N) is 1. The lowest BCUT2D eigenvalue weighted by Crippen LogP contribution is -2.42. The zero-order valence-electron chi connectivity index (χ0n) is 13.1. The molecule has 0 aromatic carbocycles. The average molecular weight is 308 g/mol. The van der Waals surface area contributed by atoms with E-state index < -0.39 is 0 Å². The van der Waals surface area contributed by atoms with E-state index in [4.69, 9.17) is 5.11 Å². The molecule has 0 aliphatic heterocycles. The Bertz CT molecular complexity index is 502. The molecule has 0 aliphatic rings. The summed E-state index contributed by atoms with van der Waals surface area (Å²) >= 11 is 1.35. The summed E-state index contributed by atoms with van der Waals surface area (Å²) in [5, 5.41) is 11.8. The number of aliphatic hydroxyl groups is 1. The van der Waals surface area contributed by atoms with Gasteiger partial charge in [0.1, 0.15) is 6.61 Å². The molecule has 5 heteroatoms. The number of likely N-dealkylation sites (N-methyl/N-ethyl adjacent to an activating group) is 1. The van der Waals surface area contributed by atoms with Crippen LogP contribution in [-0.4, -0.2) is 49.2 Å². The first-order valence-corrected chi connectivity index (χ1v) is 7.89. The highest BCUT2D eigenvalue weighted by Gasteiger charge is 2.17. The highest BCUT2D eigenvalue weighted by molar-refractivity contribution is 7.14. The molecule has 1 atom stereocenters. The lowest BCUT2D eigenvalue weighted by atomic mass is 10.0. The molecule has 2 N–H and O–H groups in total. The number of rotatable bonds is 6. The van der Waals surface area contributed by atoms with Crippen molar-refractivity contribution in [3.8, 4) is 11.8 Å². The van der Waals surface area contributed by atoms with Crippen molar-refractivity contribution in [1.29, 1.82) is 0 Å². The van der Waals surface area contributed by atoms with Crippen molar-refractivity contribution in [1.82, 2.24) is 10.2 Å². The van der Waals surface area contributed by atoms with Crippen molar-refractivity contribution < 1.29 is 9.90 Å². The fourth-order valence-electron chi connectivity index (χ4n) is 2.10. The Kier molecular flexibility index (Phi) is 7.44. The van der Waals surface area contributed by atoms with E-state index in [1.807, 2.05) is 20.2 Å². The van der Waals surface area contributed by atoms with E-state index in [1.54, 1.807) is 6.07 Å². The molecule has 0 radical (unpaired) electrons. The third-order valence-corrected chi connectivity index (χ3v) is 3.80. The first kappa shape index (κ1) is 17.7. The standard InChI is InChI=1S/C16H24N2O2S/c1-12(2)10-13(11-18(3)4)17-16(20)15-8-7-14(21-15)6-5-9-19/h7-8,12-13,19H,9-11H2,1-4H3,(H,17,20). The van der Waals surface area contributed by atoms with Gasteiger partial charge in [-0.15, -0.1) is 11.3 Å². The first-order chi connectivity index (χ1) is 9.92. The summed E-state index contributed by atoms with van der Waals surface area (Å²) in [4.78, 5) is 15.8. The third-order valence-electron chi connectivity index (χ3n) is 2.80. The maximum Gasteiger partial charge on any atom is 0.261 e. The van der Waals surface area contributed by atoms with Crippen molar-refractivity contribution in [2.75, 3.05) is 27.2 Å². The van der Waals surface area contributed by atoms with Gasteiger partial charge in [0.2, 0.25) is 0 Å². The molecule has 0 spiro atoms. The van der Waals surface area contributed by atoms with Crippen LogP contribution in [0.2, 0.25) is 0 Å². The van der Waals surface area contributed by atoms with Crippen LogP contribution in [0.1, 0.15) is 34.8 Å². The summed E-state index contributed by atoms with van der Waals surface area (Å²) in [6.45, 7) is 4.97. The Hall–Kier alpha value is -1.35. The minimum absolute atomic E-state index is 0.0513. The van der Waals surface area contributed by atoms with Gasteiger partial charge in [-0.2, -0.15) is 0 Å². The molecule has 0 saturated carbocycles. The van der Waals surface area contributed by atoms with Gasteiger partial charge in [-0.25, -0.2) is 0 Å². The van der Waals surface area contributed by atoms with Gasteiger partial charge in [-0.3, -0.25) is 4.79 Å². The number of amides is 1. The number of thiophene rings is 1. The number of carbonyl (C=O) groups is 1. The maximum atomic E-state index is 12.3. The van der Waals surface area contributed by atoms with Crippen LogP contribution < -0.4 is 5.32 Å². The van der Waals surface area contributed by atoms with E-state index in [9.17, 15) is 4.79 Å². The zero-order valence-corrected chi connectivity index (χ0v) is 14.0. The molecule has 1 aromatic heterocycles. The molecule has 1 aromatic rings. The smallest absolute Gasteiger partial charge is 0.261 e. The predicted octanol–water partition coefficient (Wildman–Crippen LogP) is 1.80. The Balaban J connectivity index is 2.69. The van der Waals surface area contributed by atoms with E-state index in [0.29, 0.717) is 10.8 Å². The normalized spacial score (nSPS) is 12.1. The summed E-state index contributed by atoms with van der Waals surface area (Å²) in [5.41, 5.74) is 0. The van der Waals surface area contributed by atoms with Crippen LogP contribution in [-0.2, 0) is 0 Å². The van der Waals surface area contributed by atoms with Gasteiger partial charge < -0.3 is 15.3 Å². The fourth-order valence-corrected chi connectivity index (χ4v) is 2.88. The number of aliphatic hydroxyl groups excluding tert-OH is 1. The lowest BCUT2D eigenvalue weighted by molar-refractivity contribution is 0.0928. The molecule has 0 aliphatic carbocycles. The van der Waals surface area contributed by atoms with Gasteiger partial charge >= 0.3 is 0 Å². The minimum Gasteiger partial charge on any atom is -0.384 e. The van der Waals surface area contributed by atoms with E-state index in [-0.39, 0.29) is 18.6 Å². The predicted molar refractivity (Wildman–Crippen MR) is 87.5 cm³/mol. The van der Waals surface area contributed by atoms with Crippen LogP contribution >= 0.6 is 11.3 Å². The molecule has 0 fully saturated rings. The minimum atomic E-state index is -0.168. The van der Waals surface area contributed by atoms with Crippen molar-refractivity contribution in [2.45, 2.75) is 26.3 Å². The molecule has 1 amide bonds. The van der Waals surface area contributed by atoms with Crippen LogP contribution in [0, 0.1) is 17.8 Å². The Labute approximate surface area is 131 Å². The molecular weight excluding hydrogens is 284 g/mol. The van der Waals surface area contributed by atoms with E-state index in [1.165, 1.54) is 11.3 Å². The summed E-state index contributed by atoms with van der Waals surface area (Å²) in [7, 11) is 4.01. The van der Waals surface area contributed by atoms with Gasteiger partial charge in [0.25, 0.3) is 5.91 Å². The Morgan fingerprint density at radius 2 is 2.14 bits per heavy atom. The van der Waals surface area contributed by atoms with E-state index in [0.717, 1.165) is 17.8 Å². The fraction of sp³-hybridized carbons (Fsp3) is 0.562. The third kappa shape index (κ3) is 6.76. The van der Waals surface area contributed by atoms with Crippen molar-refractivity contribution in [2.24, 2.45) is 5.92 Å². The summed E-state index contributed by atoms with van der Waals surface area (Å²) in [5.74, 6) is 5.89. The zero-order chi connectivity index (χ0) is 15.8. The van der Waals surface area contributed by atoms with Gasteiger partial charge in [-0.05, 0) is 38.6 Å². The van der Waals surface area contributed by atoms with E-state index >= 15 is 0 Å². The molecule has 1 unspecified atom stereocenters. The summed E-state index contributed by atoms with van der Waals surface area (Å²) in [6, 6.07) is 3.73. The summed E-state index contributed by atoms with van der Waals surface area (Å²) in [6.07, 6.45) is 0.951. The second kappa shape index (κ2) is 8.83. The van der Waals surface area contributed by atoms with Crippen LogP contribution in [0.15, 0.2) is 12.1 Å². The average Bonchev–Trinajstić information content (AvgIpc) is 2.83. The SMILES string of the molecule is CC(C)CC(CN(C)C)NC(=O)c1ccc(C#CCO)s1. The van der Waals surface area contributed by atoms with Crippen LogP contribution in [0.4, 0.5) is 0 Å². The number of carbonyl (C=O) groups excluding carboxylic acids is 1. The van der Waals surface area contributed by atoms with Crippen LogP contribution in [0.3, 0.4) is 0 Å². The largest absolute Gasteiger partial charge is 0.384 e. The van der Waals surface area contributed by atoms with Gasteiger partial charge in [0.15, 0.2) is 0 Å². The number of hydrogen-bond acceptors (Lipinski definition) is 4. The lowest BCUT2D eigenvalue weighted by Gasteiger charge is -2.23. The number of hydrogen-bond donors (Lipinski definition) is 2. The highest BCUT2D eigenvalue weighted by Crippen LogP contribution is 2.16. The second-order valence-electron chi connectivity index (χ2n) is 5.69. The van der Waals surface area contributed by atoms with Crippen LogP contribution in [0.25, 0.3) is 0 Å². The van der Waals surface area contributed by atoms with Crippen molar-refractivity contribution >= 4 is 17.2 Å². The van der Waals surface area contributed by atoms with Crippen molar-refractivity contribution in [3.63, 3.8) is 0 Å². The molecule has 116 valence electrons. The van der Waals surface area contributed by atoms with E-state index in [2.05, 4.69) is 35.9 Å². The van der Waals surface area contributed by atoms with Crippen LogP contribution in [0.5, 0.6) is 0 Å². The number of nitrogens with zero attached hydrogens (tertiary/aromatic N) is 1. The molecular formula is C16H24N2O2S. The monoisotopic (exact) mass is 308 g/mol. The molecule has 0 saturated heterocycles. The second-order valence-corrected chi connectivity index (χ2v) is 6.77. The molecule has 0 bridgehead atoms. The highest BCUT2D eigenvalue weighted by atomic mass is 32.1. The molecule has 1 heterocycles. The molecule has 4 nitrogen and oxygen atoms in total. The van der Waals surface area contributed by atoms with Gasteiger partial charge in [0.05, 0.1) is 9.75 Å². The molecule has 21 heavy (non-hydrogen) atoms. The van der Waals surface area contributed by atoms with Gasteiger partial charge in [-0.1, -0.05) is 25.7 Å². The quantitative estimate of drug-likeness (QED) is 0.788. The Morgan fingerprint density at radius 3 is 2.71 bits per heavy atom. The van der Waals surface area contributed by atoms with Gasteiger partial charge in [0, 0.05) is 12.6 Å². The maximum absolute atomic E-state index is 12.3. The Morgan fingerprint density at radius 1 is 1.43 bits per heavy atom. The topological polar surface area (TPSA) is 52.6 Å².